The summed E-state index contributed by atoms with van der Waals surface area (Å²) in [5, 5.41) is 0. The minimum atomic E-state index is -3.84. The first-order valence-corrected chi connectivity index (χ1v) is 4.78. The van der Waals surface area contributed by atoms with Gasteiger partial charge in [-0.05, 0) is 0 Å². The van der Waals surface area contributed by atoms with E-state index in [4.69, 9.17) is 0 Å². The van der Waals surface area contributed by atoms with Crippen LogP contribution in [0.2, 0.25) is 0 Å². The van der Waals surface area contributed by atoms with Crippen LogP contribution in [0.1, 0.15) is 0 Å². The van der Waals surface area contributed by atoms with Crippen LogP contribution in [0.5, 0.6) is 0 Å². The predicted octanol–water partition coefficient (Wildman–Crippen LogP) is 0.259. The lowest BCUT2D eigenvalue weighted by atomic mass is 10.7. The molecule has 7 heteroatoms. The Labute approximate surface area is 76.2 Å². The molecule has 0 fully saturated rings. The Morgan fingerprint density at radius 1 is 1.54 bits per heavy atom. The molecule has 0 aromatic heterocycles. The smallest absolute Gasteiger partial charge is 0.438 e. The summed E-state index contributed by atoms with van der Waals surface area (Å²) >= 11 is 0. The van der Waals surface area contributed by atoms with E-state index in [1.807, 2.05) is 0 Å². The maximum absolute atomic E-state index is 10.8. The van der Waals surface area contributed by atoms with E-state index in [0.717, 1.165) is 7.11 Å². The molecule has 0 saturated heterocycles. The van der Waals surface area contributed by atoms with Crippen molar-refractivity contribution in [3.8, 4) is 0 Å². The molecule has 0 aromatic carbocycles. The van der Waals surface area contributed by atoms with Crippen LogP contribution in [0.25, 0.3) is 0 Å². The van der Waals surface area contributed by atoms with Crippen LogP contribution < -0.4 is 0 Å². The fourth-order valence-corrected chi connectivity index (χ4v) is 0.977. The molecule has 6 nitrogen and oxygen atoms in total. The van der Waals surface area contributed by atoms with Crippen LogP contribution in [0.3, 0.4) is 0 Å². The molecule has 13 heavy (non-hydrogen) atoms. The molecular formula is C6H10O6S. The SMILES string of the molecule is C=CCOS(=O)(=O)COC(=O)OC. The number of methoxy groups -OCH3 is 1. The van der Waals surface area contributed by atoms with Crippen molar-refractivity contribution in [1.29, 1.82) is 0 Å². The van der Waals surface area contributed by atoms with Crippen molar-refractivity contribution < 1.29 is 26.9 Å². The third-order valence-corrected chi connectivity index (χ3v) is 1.75. The second kappa shape index (κ2) is 5.55. The molecule has 0 atom stereocenters. The van der Waals surface area contributed by atoms with Gasteiger partial charge in [0.25, 0.3) is 0 Å². The lowest BCUT2D eigenvalue weighted by molar-refractivity contribution is 0.0840. The van der Waals surface area contributed by atoms with E-state index < -0.39 is 22.2 Å². The summed E-state index contributed by atoms with van der Waals surface area (Å²) in [6.07, 6.45) is 0.182. The highest BCUT2D eigenvalue weighted by Crippen LogP contribution is 1.95. The number of hydrogen-bond donors (Lipinski definition) is 0. The number of carbonyl (C=O) groups is 1. The van der Waals surface area contributed by atoms with Crippen molar-refractivity contribution in [2.75, 3.05) is 19.7 Å². The molecule has 0 aliphatic carbocycles. The van der Waals surface area contributed by atoms with Crippen molar-refractivity contribution in [2.45, 2.75) is 0 Å². The molecule has 0 rings (SSSR count). The van der Waals surface area contributed by atoms with E-state index in [2.05, 4.69) is 20.2 Å². The number of carbonyl (C=O) groups excluding carboxylic acids is 1. The van der Waals surface area contributed by atoms with Crippen LogP contribution in [0.15, 0.2) is 12.7 Å². The van der Waals surface area contributed by atoms with Crippen LogP contribution >= 0.6 is 0 Å². The van der Waals surface area contributed by atoms with Gasteiger partial charge in [-0.2, -0.15) is 8.42 Å². The van der Waals surface area contributed by atoms with Crippen LogP contribution in [-0.2, 0) is 23.8 Å². The lowest BCUT2D eigenvalue weighted by Crippen LogP contribution is -2.16. The molecule has 0 amide bonds. The monoisotopic (exact) mass is 210 g/mol. The highest BCUT2D eigenvalue weighted by Gasteiger charge is 2.13. The first-order chi connectivity index (χ1) is 6.02. The fourth-order valence-electron chi connectivity index (χ4n) is 0.365. The molecule has 0 N–H and O–H groups in total. The second-order valence-corrected chi connectivity index (χ2v) is 3.43. The van der Waals surface area contributed by atoms with Crippen molar-refractivity contribution in [3.05, 3.63) is 12.7 Å². The van der Waals surface area contributed by atoms with Gasteiger partial charge in [0.15, 0.2) is 0 Å². The standard InChI is InChI=1S/C6H10O6S/c1-3-4-12-13(8,9)5-11-6(7)10-2/h3H,1,4-5H2,2H3. The summed E-state index contributed by atoms with van der Waals surface area (Å²) < 4.78 is 34.1. The quantitative estimate of drug-likeness (QED) is 0.368. The van der Waals surface area contributed by atoms with Crippen LogP contribution in [-0.4, -0.2) is 34.2 Å². The van der Waals surface area contributed by atoms with Gasteiger partial charge in [0.1, 0.15) is 0 Å². The Hall–Kier alpha value is -1.08. The average molecular weight is 210 g/mol. The molecule has 0 heterocycles. The van der Waals surface area contributed by atoms with E-state index in [9.17, 15) is 13.2 Å². The van der Waals surface area contributed by atoms with Crippen molar-refractivity contribution >= 4 is 16.3 Å². The molecule has 0 aliphatic rings. The first-order valence-electron chi connectivity index (χ1n) is 3.20. The Kier molecular flexibility index (Phi) is 5.09. The Bertz CT molecular complexity index is 267. The van der Waals surface area contributed by atoms with E-state index in [1.165, 1.54) is 6.08 Å². The van der Waals surface area contributed by atoms with Gasteiger partial charge < -0.3 is 9.47 Å². The molecule has 0 aromatic rings. The largest absolute Gasteiger partial charge is 0.509 e. The van der Waals surface area contributed by atoms with E-state index in [-0.39, 0.29) is 6.61 Å². The highest BCUT2D eigenvalue weighted by molar-refractivity contribution is 7.86. The fraction of sp³-hybridized carbons (Fsp3) is 0.500. The second-order valence-electron chi connectivity index (χ2n) is 1.85. The molecule has 0 radical (unpaired) electrons. The summed E-state index contributed by atoms with van der Waals surface area (Å²) in [6.45, 7) is 3.09. The zero-order valence-electron chi connectivity index (χ0n) is 7.06. The number of hydrogen-bond acceptors (Lipinski definition) is 6. The zero-order chi connectivity index (χ0) is 10.3. The van der Waals surface area contributed by atoms with Gasteiger partial charge in [0, 0.05) is 0 Å². The Morgan fingerprint density at radius 2 is 2.15 bits per heavy atom. The Balaban J connectivity index is 3.89. The van der Waals surface area contributed by atoms with Gasteiger partial charge in [-0.15, -0.1) is 6.58 Å². The third kappa shape index (κ3) is 6.12. The van der Waals surface area contributed by atoms with Crippen molar-refractivity contribution in [1.82, 2.24) is 0 Å². The normalized spacial score (nSPS) is 10.5. The maximum atomic E-state index is 10.8. The van der Waals surface area contributed by atoms with Gasteiger partial charge in [-0.1, -0.05) is 6.08 Å². The summed E-state index contributed by atoms with van der Waals surface area (Å²) in [4.78, 5) is 10.3. The predicted molar refractivity (Wildman–Crippen MR) is 43.4 cm³/mol. The van der Waals surface area contributed by atoms with Crippen molar-refractivity contribution in [2.24, 2.45) is 0 Å². The highest BCUT2D eigenvalue weighted by atomic mass is 32.2. The number of rotatable bonds is 5. The number of ether oxygens (including phenoxy) is 2. The van der Waals surface area contributed by atoms with E-state index >= 15 is 0 Å². The minimum Gasteiger partial charge on any atom is -0.438 e. The zero-order valence-corrected chi connectivity index (χ0v) is 7.87. The van der Waals surface area contributed by atoms with Crippen LogP contribution in [0.4, 0.5) is 4.79 Å². The molecule has 0 unspecified atom stereocenters. The van der Waals surface area contributed by atoms with Gasteiger partial charge >= 0.3 is 16.3 Å². The third-order valence-electron chi connectivity index (χ3n) is 0.853. The van der Waals surface area contributed by atoms with E-state index in [1.54, 1.807) is 0 Å². The summed E-state index contributed by atoms with van der Waals surface area (Å²) in [5.41, 5.74) is 0. The molecular weight excluding hydrogens is 200 g/mol. The van der Waals surface area contributed by atoms with Gasteiger partial charge in [0.05, 0.1) is 13.7 Å². The van der Waals surface area contributed by atoms with Gasteiger partial charge in [0.2, 0.25) is 5.94 Å². The summed E-state index contributed by atoms with van der Waals surface area (Å²) in [5.74, 6) is -0.868. The summed E-state index contributed by atoms with van der Waals surface area (Å²) in [6, 6.07) is 0. The maximum Gasteiger partial charge on any atom is 0.509 e. The van der Waals surface area contributed by atoms with Crippen LogP contribution in [0, 0.1) is 0 Å². The van der Waals surface area contributed by atoms with Gasteiger partial charge in [-0.25, -0.2) is 4.79 Å². The first kappa shape index (κ1) is 11.9. The van der Waals surface area contributed by atoms with E-state index in [0.29, 0.717) is 0 Å². The lowest BCUT2D eigenvalue weighted by Gasteiger charge is -2.03. The molecule has 0 saturated carbocycles. The Morgan fingerprint density at radius 3 is 2.62 bits per heavy atom. The molecule has 76 valence electrons. The molecule has 0 aliphatic heterocycles. The average Bonchev–Trinajstić information content (AvgIpc) is 2.11. The summed E-state index contributed by atoms with van der Waals surface area (Å²) in [7, 11) is -2.77. The molecule has 0 spiro atoms. The molecule has 0 bridgehead atoms. The minimum absolute atomic E-state index is 0.160. The topological polar surface area (TPSA) is 78.9 Å². The van der Waals surface area contributed by atoms with Gasteiger partial charge in [-0.3, -0.25) is 4.18 Å². The van der Waals surface area contributed by atoms with Crippen molar-refractivity contribution in [3.63, 3.8) is 0 Å².